The number of benzene rings is 1. The van der Waals surface area contributed by atoms with Crippen LogP contribution in [0.3, 0.4) is 0 Å². The maximum Gasteiger partial charge on any atom is 0.252 e. The molecule has 0 radical (unpaired) electrons. The number of hydrogen-bond donors (Lipinski definition) is 2. The Hall–Kier alpha value is -2.32. The van der Waals surface area contributed by atoms with Crippen LogP contribution in [0.4, 0.5) is 5.69 Å². The summed E-state index contributed by atoms with van der Waals surface area (Å²) in [5.41, 5.74) is 2.42. The van der Waals surface area contributed by atoms with E-state index in [0.717, 1.165) is 43.7 Å². The van der Waals surface area contributed by atoms with Gasteiger partial charge >= 0.3 is 0 Å². The number of nitrogens with zero attached hydrogens (tertiary/aromatic N) is 1. The van der Waals surface area contributed by atoms with Crippen molar-refractivity contribution in [3.8, 4) is 12.3 Å². The molecule has 0 aliphatic carbocycles. The number of hydrogen-bond acceptors (Lipinski definition) is 3. The predicted molar refractivity (Wildman–Crippen MR) is 89.3 cm³/mol. The molecule has 2 aliphatic rings. The monoisotopic (exact) mass is 311 g/mol. The van der Waals surface area contributed by atoms with Crippen molar-refractivity contribution in [2.24, 2.45) is 5.92 Å². The van der Waals surface area contributed by atoms with Crippen LogP contribution in [0.25, 0.3) is 0 Å². The van der Waals surface area contributed by atoms with Crippen molar-refractivity contribution in [3.05, 3.63) is 29.3 Å². The number of nitrogens with one attached hydrogen (secondary N) is 2. The fourth-order valence-corrected chi connectivity index (χ4v) is 3.25. The molecule has 1 aromatic carbocycles. The molecule has 23 heavy (non-hydrogen) atoms. The molecule has 2 N–H and O–H groups in total. The van der Waals surface area contributed by atoms with E-state index in [4.69, 9.17) is 6.42 Å². The minimum Gasteiger partial charge on any atom is -0.341 e. The summed E-state index contributed by atoms with van der Waals surface area (Å²) in [6, 6.07) is 5.44. The van der Waals surface area contributed by atoms with Gasteiger partial charge in [-0.05, 0) is 49.5 Å². The number of carbonyl (C=O) groups excluding carboxylic acids is 2. The Bertz CT molecular complexity index is 657. The van der Waals surface area contributed by atoms with Crippen LogP contribution in [0.1, 0.15) is 28.8 Å². The molecule has 2 amide bonds. The molecule has 5 nitrogen and oxygen atoms in total. The molecule has 1 saturated heterocycles. The first-order valence-electron chi connectivity index (χ1n) is 8.04. The van der Waals surface area contributed by atoms with E-state index in [0.29, 0.717) is 17.9 Å². The Labute approximate surface area is 136 Å². The molecule has 0 unspecified atom stereocenters. The molecule has 0 atom stereocenters. The zero-order valence-corrected chi connectivity index (χ0v) is 13.1. The van der Waals surface area contributed by atoms with Gasteiger partial charge in [0.25, 0.3) is 5.91 Å². The van der Waals surface area contributed by atoms with Crippen molar-refractivity contribution in [1.29, 1.82) is 0 Å². The summed E-state index contributed by atoms with van der Waals surface area (Å²) in [7, 11) is 0. The lowest BCUT2D eigenvalue weighted by Gasteiger charge is -2.28. The summed E-state index contributed by atoms with van der Waals surface area (Å²) in [6.45, 7) is 2.96. The first kappa shape index (κ1) is 15.6. The maximum atomic E-state index is 12.3. The standard InChI is InChI=1S/C18H21N3O2/c1-2-7-20-18(23)15-4-3-14-11-17(22)21(16(14)10-15)12-13-5-8-19-9-6-13/h1,3-4,10,13,19H,5-9,11-12H2,(H,20,23). The molecule has 2 heterocycles. The third-order valence-electron chi connectivity index (χ3n) is 4.53. The number of carbonyl (C=O) groups is 2. The van der Waals surface area contributed by atoms with E-state index in [1.807, 2.05) is 17.0 Å². The van der Waals surface area contributed by atoms with E-state index < -0.39 is 0 Å². The van der Waals surface area contributed by atoms with Gasteiger partial charge in [0.1, 0.15) is 0 Å². The number of fused-ring (bicyclic) bond motifs is 1. The normalized spacial score (nSPS) is 17.7. The second kappa shape index (κ2) is 6.84. The zero-order chi connectivity index (χ0) is 16.2. The van der Waals surface area contributed by atoms with Gasteiger partial charge < -0.3 is 15.5 Å². The zero-order valence-electron chi connectivity index (χ0n) is 13.1. The molecule has 120 valence electrons. The highest BCUT2D eigenvalue weighted by Gasteiger charge is 2.30. The molecule has 0 saturated carbocycles. The van der Waals surface area contributed by atoms with E-state index in [1.165, 1.54) is 0 Å². The lowest BCUT2D eigenvalue weighted by molar-refractivity contribution is -0.117. The molecule has 5 heteroatoms. The van der Waals surface area contributed by atoms with Gasteiger partial charge in [0.2, 0.25) is 5.91 Å². The van der Waals surface area contributed by atoms with Gasteiger partial charge in [0, 0.05) is 17.8 Å². The number of terminal acetylenes is 1. The van der Waals surface area contributed by atoms with Crippen LogP contribution in [0.5, 0.6) is 0 Å². The number of amides is 2. The van der Waals surface area contributed by atoms with Gasteiger partial charge in [-0.3, -0.25) is 9.59 Å². The molecule has 1 aromatic rings. The van der Waals surface area contributed by atoms with Gasteiger partial charge in [0.05, 0.1) is 13.0 Å². The van der Waals surface area contributed by atoms with E-state index in [1.54, 1.807) is 6.07 Å². The maximum absolute atomic E-state index is 12.3. The molecule has 3 rings (SSSR count). The topological polar surface area (TPSA) is 61.4 Å². The first-order chi connectivity index (χ1) is 11.2. The molecule has 2 aliphatic heterocycles. The Morgan fingerprint density at radius 3 is 2.91 bits per heavy atom. The van der Waals surface area contributed by atoms with Crippen molar-refractivity contribution in [2.45, 2.75) is 19.3 Å². The van der Waals surface area contributed by atoms with Crippen LogP contribution >= 0.6 is 0 Å². The van der Waals surface area contributed by atoms with Crippen LogP contribution in [0.2, 0.25) is 0 Å². The summed E-state index contributed by atoms with van der Waals surface area (Å²) in [5, 5.41) is 6.00. The summed E-state index contributed by atoms with van der Waals surface area (Å²) in [6.07, 6.45) is 7.76. The van der Waals surface area contributed by atoms with Crippen LogP contribution < -0.4 is 15.5 Å². The Morgan fingerprint density at radius 2 is 2.17 bits per heavy atom. The minimum absolute atomic E-state index is 0.125. The van der Waals surface area contributed by atoms with Gasteiger partial charge in [-0.1, -0.05) is 12.0 Å². The molecule has 0 bridgehead atoms. The molecule has 0 spiro atoms. The highest BCUT2D eigenvalue weighted by Crippen LogP contribution is 2.31. The average Bonchev–Trinajstić information content (AvgIpc) is 2.88. The highest BCUT2D eigenvalue weighted by molar-refractivity contribution is 6.04. The van der Waals surface area contributed by atoms with Crippen LogP contribution in [0, 0.1) is 18.3 Å². The summed E-state index contributed by atoms with van der Waals surface area (Å²) in [5.74, 6) is 2.83. The number of rotatable bonds is 4. The fraction of sp³-hybridized carbons (Fsp3) is 0.444. The smallest absolute Gasteiger partial charge is 0.252 e. The van der Waals surface area contributed by atoms with Crippen molar-refractivity contribution in [2.75, 3.05) is 31.1 Å². The van der Waals surface area contributed by atoms with Crippen LogP contribution in [-0.2, 0) is 11.2 Å². The van der Waals surface area contributed by atoms with Gasteiger partial charge in [-0.25, -0.2) is 0 Å². The van der Waals surface area contributed by atoms with Crippen molar-refractivity contribution >= 4 is 17.5 Å². The third kappa shape index (κ3) is 3.38. The molecule has 0 aromatic heterocycles. The molecular weight excluding hydrogens is 290 g/mol. The third-order valence-corrected chi connectivity index (χ3v) is 4.53. The molecular formula is C18H21N3O2. The van der Waals surface area contributed by atoms with Crippen molar-refractivity contribution < 1.29 is 9.59 Å². The van der Waals surface area contributed by atoms with Gasteiger partial charge in [0.15, 0.2) is 0 Å². The van der Waals surface area contributed by atoms with E-state index in [2.05, 4.69) is 16.6 Å². The van der Waals surface area contributed by atoms with Crippen molar-refractivity contribution in [1.82, 2.24) is 10.6 Å². The summed E-state index contributed by atoms with van der Waals surface area (Å²) >= 11 is 0. The molecule has 1 fully saturated rings. The van der Waals surface area contributed by atoms with Gasteiger partial charge in [-0.15, -0.1) is 6.42 Å². The fourth-order valence-electron chi connectivity index (χ4n) is 3.25. The van der Waals surface area contributed by atoms with E-state index in [-0.39, 0.29) is 18.4 Å². The van der Waals surface area contributed by atoms with E-state index in [9.17, 15) is 9.59 Å². The van der Waals surface area contributed by atoms with Crippen molar-refractivity contribution in [3.63, 3.8) is 0 Å². The predicted octanol–water partition coefficient (Wildman–Crippen LogP) is 0.938. The first-order valence-corrected chi connectivity index (χ1v) is 8.04. The Balaban J connectivity index is 1.78. The number of piperidine rings is 1. The quantitative estimate of drug-likeness (QED) is 0.814. The van der Waals surface area contributed by atoms with Crippen LogP contribution in [0.15, 0.2) is 18.2 Å². The second-order valence-corrected chi connectivity index (χ2v) is 6.10. The summed E-state index contributed by atoms with van der Waals surface area (Å²) < 4.78 is 0. The van der Waals surface area contributed by atoms with Crippen LogP contribution in [-0.4, -0.2) is 38.0 Å². The lowest BCUT2D eigenvalue weighted by atomic mass is 9.97. The highest BCUT2D eigenvalue weighted by atomic mass is 16.2. The average molecular weight is 311 g/mol. The SMILES string of the molecule is C#CCNC(=O)c1ccc2c(c1)N(CC1CCNCC1)C(=O)C2. The van der Waals surface area contributed by atoms with Gasteiger partial charge in [-0.2, -0.15) is 0 Å². The lowest BCUT2D eigenvalue weighted by Crippen LogP contribution is -2.37. The minimum atomic E-state index is -0.202. The second-order valence-electron chi connectivity index (χ2n) is 6.10. The largest absolute Gasteiger partial charge is 0.341 e. The Morgan fingerprint density at radius 1 is 1.39 bits per heavy atom. The van der Waals surface area contributed by atoms with E-state index >= 15 is 0 Å². The number of anilines is 1. The summed E-state index contributed by atoms with van der Waals surface area (Å²) in [4.78, 5) is 26.3. The Kier molecular flexibility index (Phi) is 4.63.